The van der Waals surface area contributed by atoms with Gasteiger partial charge in [-0.1, -0.05) is 24.3 Å². The standard InChI is InChI=1S/C16H18N2O/c1-11(2)18(13-8-9-13)16(19)15-10-7-12-5-3-4-6-14(12)17-15/h3-7,10-11,13H,8-9H2,1-2H3. The SMILES string of the molecule is CC(C)N(C(=O)c1ccc2ccccc2n1)C1CC1. The Morgan fingerprint density at radius 3 is 2.63 bits per heavy atom. The van der Waals surface area contributed by atoms with Crippen LogP contribution in [0.15, 0.2) is 36.4 Å². The zero-order chi connectivity index (χ0) is 13.4. The van der Waals surface area contributed by atoms with Crippen molar-refractivity contribution in [3.63, 3.8) is 0 Å². The second kappa shape index (κ2) is 4.65. The number of hydrogen-bond donors (Lipinski definition) is 0. The summed E-state index contributed by atoms with van der Waals surface area (Å²) >= 11 is 0. The molecule has 1 aromatic heterocycles. The van der Waals surface area contributed by atoms with Gasteiger partial charge in [0.25, 0.3) is 5.91 Å². The summed E-state index contributed by atoms with van der Waals surface area (Å²) in [6.45, 7) is 4.13. The van der Waals surface area contributed by atoms with E-state index < -0.39 is 0 Å². The van der Waals surface area contributed by atoms with Crippen LogP contribution in [0, 0.1) is 0 Å². The lowest BCUT2D eigenvalue weighted by Crippen LogP contribution is -2.39. The largest absolute Gasteiger partial charge is 0.332 e. The maximum absolute atomic E-state index is 12.6. The van der Waals surface area contributed by atoms with Crippen LogP contribution < -0.4 is 0 Å². The van der Waals surface area contributed by atoms with E-state index in [1.165, 1.54) is 0 Å². The average molecular weight is 254 g/mol. The van der Waals surface area contributed by atoms with Crippen molar-refractivity contribution in [2.75, 3.05) is 0 Å². The maximum atomic E-state index is 12.6. The lowest BCUT2D eigenvalue weighted by Gasteiger charge is -2.26. The lowest BCUT2D eigenvalue weighted by molar-refractivity contribution is 0.0684. The minimum Gasteiger partial charge on any atom is -0.332 e. The van der Waals surface area contributed by atoms with Crippen LogP contribution in [-0.4, -0.2) is 27.9 Å². The zero-order valence-corrected chi connectivity index (χ0v) is 11.3. The van der Waals surface area contributed by atoms with E-state index in [0.29, 0.717) is 11.7 Å². The molecule has 0 aliphatic heterocycles. The summed E-state index contributed by atoms with van der Waals surface area (Å²) in [7, 11) is 0. The summed E-state index contributed by atoms with van der Waals surface area (Å²) < 4.78 is 0. The molecule has 3 nitrogen and oxygen atoms in total. The van der Waals surface area contributed by atoms with Gasteiger partial charge in [0.15, 0.2) is 0 Å². The van der Waals surface area contributed by atoms with Crippen LogP contribution in [0.1, 0.15) is 37.2 Å². The quantitative estimate of drug-likeness (QED) is 0.842. The number of hydrogen-bond acceptors (Lipinski definition) is 2. The number of amides is 1. The Morgan fingerprint density at radius 1 is 1.21 bits per heavy atom. The monoisotopic (exact) mass is 254 g/mol. The van der Waals surface area contributed by atoms with Crippen molar-refractivity contribution in [1.82, 2.24) is 9.88 Å². The van der Waals surface area contributed by atoms with Gasteiger partial charge < -0.3 is 4.90 Å². The molecule has 0 radical (unpaired) electrons. The van der Waals surface area contributed by atoms with Crippen molar-refractivity contribution in [2.24, 2.45) is 0 Å². The fraction of sp³-hybridized carbons (Fsp3) is 0.375. The number of carbonyl (C=O) groups is 1. The number of fused-ring (bicyclic) bond motifs is 1. The fourth-order valence-electron chi connectivity index (χ4n) is 2.49. The molecular weight excluding hydrogens is 236 g/mol. The van der Waals surface area contributed by atoms with Gasteiger partial charge in [-0.25, -0.2) is 4.98 Å². The Hall–Kier alpha value is -1.90. The molecular formula is C16H18N2O. The highest BCUT2D eigenvalue weighted by atomic mass is 16.2. The highest BCUT2D eigenvalue weighted by Gasteiger charge is 2.35. The van der Waals surface area contributed by atoms with Crippen molar-refractivity contribution in [3.05, 3.63) is 42.1 Å². The number of aromatic nitrogens is 1. The third-order valence-corrected chi connectivity index (χ3v) is 3.55. The molecule has 1 aromatic carbocycles. The molecule has 1 aliphatic rings. The van der Waals surface area contributed by atoms with Crippen LogP contribution in [0.5, 0.6) is 0 Å². The number of para-hydroxylation sites is 1. The highest BCUT2D eigenvalue weighted by molar-refractivity contribution is 5.95. The Kier molecular flexibility index (Phi) is 2.97. The zero-order valence-electron chi connectivity index (χ0n) is 11.3. The van der Waals surface area contributed by atoms with E-state index in [2.05, 4.69) is 18.8 Å². The molecule has 3 heteroatoms. The van der Waals surface area contributed by atoms with Crippen molar-refractivity contribution in [2.45, 2.75) is 38.8 Å². The predicted octanol–water partition coefficient (Wildman–Crippen LogP) is 3.25. The molecule has 1 aliphatic carbocycles. The number of rotatable bonds is 3. The summed E-state index contributed by atoms with van der Waals surface area (Å²) in [4.78, 5) is 19.0. The second-order valence-electron chi connectivity index (χ2n) is 5.43. The van der Waals surface area contributed by atoms with E-state index in [-0.39, 0.29) is 11.9 Å². The molecule has 0 N–H and O–H groups in total. The summed E-state index contributed by atoms with van der Waals surface area (Å²) in [5.74, 6) is 0.0586. The van der Waals surface area contributed by atoms with Gasteiger partial charge in [0, 0.05) is 17.5 Å². The minimum atomic E-state index is 0.0586. The molecule has 0 bridgehead atoms. The smallest absolute Gasteiger partial charge is 0.272 e. The minimum absolute atomic E-state index is 0.0586. The predicted molar refractivity (Wildman–Crippen MR) is 76.1 cm³/mol. The van der Waals surface area contributed by atoms with Gasteiger partial charge >= 0.3 is 0 Å². The maximum Gasteiger partial charge on any atom is 0.272 e. The molecule has 0 atom stereocenters. The van der Waals surface area contributed by atoms with Crippen LogP contribution in [0.3, 0.4) is 0 Å². The first kappa shape index (κ1) is 12.2. The summed E-state index contributed by atoms with van der Waals surface area (Å²) in [5.41, 5.74) is 1.44. The Bertz CT molecular complexity index is 615. The molecule has 2 aromatic rings. The van der Waals surface area contributed by atoms with Gasteiger partial charge in [0.2, 0.25) is 0 Å². The Labute approximate surface area is 113 Å². The first-order valence-corrected chi connectivity index (χ1v) is 6.85. The molecule has 0 spiro atoms. The van der Waals surface area contributed by atoms with Crippen LogP contribution in [0.2, 0.25) is 0 Å². The van der Waals surface area contributed by atoms with Crippen molar-refractivity contribution in [1.29, 1.82) is 0 Å². The van der Waals surface area contributed by atoms with E-state index in [4.69, 9.17) is 0 Å². The third kappa shape index (κ3) is 2.33. The molecule has 1 heterocycles. The first-order valence-electron chi connectivity index (χ1n) is 6.85. The van der Waals surface area contributed by atoms with Crippen molar-refractivity contribution < 1.29 is 4.79 Å². The van der Waals surface area contributed by atoms with Crippen molar-refractivity contribution in [3.8, 4) is 0 Å². The van der Waals surface area contributed by atoms with Gasteiger partial charge in [0.05, 0.1) is 5.52 Å². The topological polar surface area (TPSA) is 33.2 Å². The second-order valence-corrected chi connectivity index (χ2v) is 5.43. The molecule has 0 unspecified atom stereocenters. The van der Waals surface area contributed by atoms with Gasteiger partial charge in [-0.05, 0) is 38.8 Å². The summed E-state index contributed by atoms with van der Waals surface area (Å²) in [6.07, 6.45) is 2.25. The molecule has 1 saturated carbocycles. The molecule has 0 saturated heterocycles. The fourth-order valence-corrected chi connectivity index (χ4v) is 2.49. The normalized spacial score (nSPS) is 14.9. The van der Waals surface area contributed by atoms with Gasteiger partial charge in [-0.3, -0.25) is 4.79 Å². The third-order valence-electron chi connectivity index (χ3n) is 3.55. The summed E-state index contributed by atoms with van der Waals surface area (Å²) in [5, 5.41) is 1.07. The summed E-state index contributed by atoms with van der Waals surface area (Å²) in [6, 6.07) is 12.3. The van der Waals surface area contributed by atoms with Crippen LogP contribution in [0.25, 0.3) is 10.9 Å². The van der Waals surface area contributed by atoms with Crippen LogP contribution in [-0.2, 0) is 0 Å². The molecule has 3 rings (SSSR count). The number of pyridine rings is 1. The van der Waals surface area contributed by atoms with E-state index in [0.717, 1.165) is 23.7 Å². The Morgan fingerprint density at radius 2 is 1.95 bits per heavy atom. The van der Waals surface area contributed by atoms with Gasteiger partial charge in [0.1, 0.15) is 5.69 Å². The average Bonchev–Trinajstić information content (AvgIpc) is 3.22. The molecule has 98 valence electrons. The van der Waals surface area contributed by atoms with Crippen LogP contribution in [0.4, 0.5) is 0 Å². The number of carbonyl (C=O) groups excluding carboxylic acids is 1. The van der Waals surface area contributed by atoms with E-state index >= 15 is 0 Å². The first-order chi connectivity index (χ1) is 9.16. The Balaban J connectivity index is 1.96. The number of benzene rings is 1. The van der Waals surface area contributed by atoms with E-state index in [1.54, 1.807) is 0 Å². The number of nitrogens with zero attached hydrogens (tertiary/aromatic N) is 2. The van der Waals surface area contributed by atoms with Crippen molar-refractivity contribution >= 4 is 16.8 Å². The molecule has 1 fully saturated rings. The highest BCUT2D eigenvalue weighted by Crippen LogP contribution is 2.30. The lowest BCUT2D eigenvalue weighted by atomic mass is 10.2. The van der Waals surface area contributed by atoms with Crippen LogP contribution >= 0.6 is 0 Å². The van der Waals surface area contributed by atoms with E-state index in [1.807, 2.05) is 41.3 Å². The molecule has 19 heavy (non-hydrogen) atoms. The van der Waals surface area contributed by atoms with E-state index in [9.17, 15) is 4.79 Å². The van der Waals surface area contributed by atoms with Gasteiger partial charge in [-0.15, -0.1) is 0 Å². The van der Waals surface area contributed by atoms with Gasteiger partial charge in [-0.2, -0.15) is 0 Å². The molecule has 1 amide bonds.